The summed E-state index contributed by atoms with van der Waals surface area (Å²) in [5.74, 6) is 0.0487. The first-order chi connectivity index (χ1) is 13.0. The molecule has 9 nitrogen and oxygen atoms in total. The third kappa shape index (κ3) is 4.50. The molecule has 0 bridgehead atoms. The maximum Gasteiger partial charge on any atom is 0.279 e. The Balaban J connectivity index is 1.61. The Morgan fingerprint density at radius 1 is 1.30 bits per heavy atom. The van der Waals surface area contributed by atoms with Crippen molar-refractivity contribution in [3.63, 3.8) is 0 Å². The maximum absolute atomic E-state index is 12.1. The molecule has 1 aliphatic heterocycles. The van der Waals surface area contributed by atoms with Crippen molar-refractivity contribution < 1.29 is 15.3 Å². The average Bonchev–Trinajstić information content (AvgIpc) is 2.66. The highest BCUT2D eigenvalue weighted by molar-refractivity contribution is 5.98. The molecule has 0 spiro atoms. The van der Waals surface area contributed by atoms with E-state index >= 15 is 0 Å². The van der Waals surface area contributed by atoms with Crippen LogP contribution in [0.4, 0.5) is 11.5 Å². The van der Waals surface area contributed by atoms with Crippen LogP contribution in [0.15, 0.2) is 30.5 Å². The summed E-state index contributed by atoms with van der Waals surface area (Å²) in [6.45, 7) is 4.40. The van der Waals surface area contributed by atoms with E-state index in [0.29, 0.717) is 23.6 Å². The summed E-state index contributed by atoms with van der Waals surface area (Å²) in [6, 6.07) is 7.34. The number of amides is 2. The molecule has 142 valence electrons. The van der Waals surface area contributed by atoms with E-state index in [-0.39, 0.29) is 23.6 Å². The number of nitrogens with zero attached hydrogens (tertiary/aromatic N) is 2. The second-order valence-corrected chi connectivity index (χ2v) is 6.44. The van der Waals surface area contributed by atoms with E-state index < -0.39 is 6.29 Å². The van der Waals surface area contributed by atoms with Crippen molar-refractivity contribution in [2.24, 2.45) is 0 Å². The van der Waals surface area contributed by atoms with Crippen molar-refractivity contribution in [2.45, 2.75) is 39.1 Å². The molecule has 1 aliphatic rings. The number of fused-ring (bicyclic) bond motifs is 1. The lowest BCUT2D eigenvalue weighted by atomic mass is 10.1. The lowest BCUT2D eigenvalue weighted by Gasteiger charge is -2.20. The first-order valence-corrected chi connectivity index (χ1v) is 8.87. The maximum atomic E-state index is 12.1. The molecule has 1 aromatic heterocycles. The summed E-state index contributed by atoms with van der Waals surface area (Å²) < 4.78 is 0. The van der Waals surface area contributed by atoms with Crippen LogP contribution in [0, 0.1) is 0 Å². The fraction of sp³-hybridized carbons (Fsp3) is 0.333. The summed E-state index contributed by atoms with van der Waals surface area (Å²) in [4.78, 5) is 32.6. The van der Waals surface area contributed by atoms with Gasteiger partial charge in [-0.1, -0.05) is 6.92 Å². The topological polar surface area (TPSA) is 136 Å². The van der Waals surface area contributed by atoms with Gasteiger partial charge in [0.1, 0.15) is 0 Å². The standard InChI is InChI=1S/C18H23N7O2/c1-3-10(2)22-16(26)11-4-6-12(7-5-11)20-8-13-9-21-15-14(23-13)17(27)25-18(19)24-15/h4-7,9-10,18,20H,3,8,19H2,1-2H3,(H,21,24)(H,22,26)(H,25,27)/p+1. The number of rotatable bonds is 6. The summed E-state index contributed by atoms with van der Waals surface area (Å²) in [5, 5.41) is 11.7. The van der Waals surface area contributed by atoms with Crippen LogP contribution in [0.3, 0.4) is 0 Å². The minimum Gasteiger partial charge on any atom is -0.379 e. The molecular formula is C18H24N7O2+. The molecule has 27 heavy (non-hydrogen) atoms. The van der Waals surface area contributed by atoms with E-state index in [2.05, 4.69) is 37.0 Å². The Hall–Kier alpha value is -3.20. The molecule has 0 aliphatic carbocycles. The number of quaternary nitrogens is 1. The molecular weight excluding hydrogens is 346 g/mol. The highest BCUT2D eigenvalue weighted by atomic mass is 16.2. The van der Waals surface area contributed by atoms with Gasteiger partial charge in [-0.25, -0.2) is 9.97 Å². The second kappa shape index (κ2) is 8.00. The fourth-order valence-corrected chi connectivity index (χ4v) is 2.54. The van der Waals surface area contributed by atoms with Gasteiger partial charge in [0.05, 0.1) is 18.4 Å². The van der Waals surface area contributed by atoms with Crippen molar-refractivity contribution >= 4 is 23.3 Å². The van der Waals surface area contributed by atoms with Crippen LogP contribution in [0.5, 0.6) is 0 Å². The number of anilines is 2. The molecule has 9 heteroatoms. The van der Waals surface area contributed by atoms with Gasteiger partial charge >= 0.3 is 0 Å². The van der Waals surface area contributed by atoms with Gasteiger partial charge in [0.25, 0.3) is 11.8 Å². The van der Waals surface area contributed by atoms with Crippen LogP contribution < -0.4 is 27.0 Å². The van der Waals surface area contributed by atoms with E-state index in [4.69, 9.17) is 0 Å². The highest BCUT2D eigenvalue weighted by Crippen LogP contribution is 2.15. The molecule has 0 radical (unpaired) electrons. The van der Waals surface area contributed by atoms with Gasteiger partial charge < -0.3 is 21.7 Å². The van der Waals surface area contributed by atoms with Crippen molar-refractivity contribution in [2.75, 3.05) is 10.6 Å². The van der Waals surface area contributed by atoms with E-state index in [0.717, 1.165) is 12.1 Å². The quantitative estimate of drug-likeness (QED) is 0.496. The zero-order valence-corrected chi connectivity index (χ0v) is 15.4. The third-order valence-electron chi connectivity index (χ3n) is 4.26. The normalized spacial score (nSPS) is 16.6. The van der Waals surface area contributed by atoms with Crippen LogP contribution in [0.25, 0.3) is 0 Å². The smallest absolute Gasteiger partial charge is 0.279 e. The Bertz CT molecular complexity index is 838. The van der Waals surface area contributed by atoms with Gasteiger partial charge in [0.2, 0.25) is 6.29 Å². The molecule has 0 saturated carbocycles. The molecule has 0 fully saturated rings. The summed E-state index contributed by atoms with van der Waals surface area (Å²) in [6.07, 6.45) is 2.08. The van der Waals surface area contributed by atoms with E-state index in [1.807, 2.05) is 26.0 Å². The highest BCUT2D eigenvalue weighted by Gasteiger charge is 2.25. The minimum atomic E-state index is -0.417. The van der Waals surface area contributed by atoms with Gasteiger partial charge in [-0.15, -0.1) is 0 Å². The molecule has 0 saturated heterocycles. The zero-order valence-electron chi connectivity index (χ0n) is 15.4. The van der Waals surface area contributed by atoms with Crippen LogP contribution in [0.2, 0.25) is 0 Å². The van der Waals surface area contributed by atoms with E-state index in [1.54, 1.807) is 18.3 Å². The third-order valence-corrected chi connectivity index (χ3v) is 4.26. The predicted octanol–water partition coefficient (Wildman–Crippen LogP) is 0.298. The number of benzene rings is 1. The van der Waals surface area contributed by atoms with Crippen molar-refractivity contribution in [1.82, 2.24) is 20.6 Å². The van der Waals surface area contributed by atoms with Crippen LogP contribution >= 0.6 is 0 Å². The van der Waals surface area contributed by atoms with Gasteiger partial charge in [0, 0.05) is 17.3 Å². The molecule has 2 unspecified atom stereocenters. The molecule has 3 rings (SSSR count). The first kappa shape index (κ1) is 18.6. The van der Waals surface area contributed by atoms with Crippen LogP contribution in [-0.2, 0) is 6.54 Å². The second-order valence-electron chi connectivity index (χ2n) is 6.44. The van der Waals surface area contributed by atoms with Crippen molar-refractivity contribution in [3.8, 4) is 0 Å². The van der Waals surface area contributed by atoms with Gasteiger partial charge in [-0.05, 0) is 37.6 Å². The minimum absolute atomic E-state index is 0.0846. The van der Waals surface area contributed by atoms with E-state index in [1.165, 1.54) is 0 Å². The van der Waals surface area contributed by atoms with E-state index in [9.17, 15) is 9.59 Å². The molecule has 1 aromatic carbocycles. The summed E-state index contributed by atoms with van der Waals surface area (Å²) >= 11 is 0. The van der Waals surface area contributed by atoms with Gasteiger partial charge in [0.15, 0.2) is 11.5 Å². The number of aromatic nitrogens is 2. The number of hydrogen-bond donors (Lipinski definition) is 5. The number of carbonyl (C=O) groups excluding carboxylic acids is 2. The molecule has 2 atom stereocenters. The monoisotopic (exact) mass is 370 g/mol. The molecule has 2 heterocycles. The Morgan fingerprint density at radius 2 is 2.04 bits per heavy atom. The zero-order chi connectivity index (χ0) is 19.4. The number of hydrogen-bond acceptors (Lipinski definition) is 6. The van der Waals surface area contributed by atoms with Gasteiger partial charge in [-0.2, -0.15) is 0 Å². The molecule has 2 amide bonds. The Morgan fingerprint density at radius 3 is 2.74 bits per heavy atom. The van der Waals surface area contributed by atoms with Crippen molar-refractivity contribution in [1.29, 1.82) is 0 Å². The molecule has 2 aromatic rings. The number of nitrogens with one attached hydrogen (secondary N) is 4. The first-order valence-electron chi connectivity index (χ1n) is 8.87. The van der Waals surface area contributed by atoms with Gasteiger partial charge in [-0.3, -0.25) is 14.9 Å². The number of carbonyl (C=O) groups is 2. The lowest BCUT2D eigenvalue weighted by Crippen LogP contribution is -2.74. The SMILES string of the molecule is CCC(C)NC(=O)c1ccc(NCc2cnc3c(n2)C(=O)NC([NH3+])N3)cc1. The van der Waals surface area contributed by atoms with Crippen LogP contribution in [0.1, 0.15) is 46.8 Å². The Labute approximate surface area is 157 Å². The predicted molar refractivity (Wildman–Crippen MR) is 101 cm³/mol. The fourth-order valence-electron chi connectivity index (χ4n) is 2.54. The summed E-state index contributed by atoms with van der Waals surface area (Å²) in [7, 11) is 0. The lowest BCUT2D eigenvalue weighted by molar-refractivity contribution is -0.415. The Kier molecular flexibility index (Phi) is 5.51. The largest absolute Gasteiger partial charge is 0.379 e. The van der Waals surface area contributed by atoms with Crippen LogP contribution in [-0.4, -0.2) is 34.1 Å². The molecule has 7 N–H and O–H groups in total. The average molecular weight is 370 g/mol. The van der Waals surface area contributed by atoms with Crippen molar-refractivity contribution in [3.05, 3.63) is 47.4 Å². The summed E-state index contributed by atoms with van der Waals surface area (Å²) in [5.41, 5.74) is 6.07.